The Morgan fingerprint density at radius 2 is 1.86 bits per heavy atom. The molecule has 21 heavy (non-hydrogen) atoms. The van der Waals surface area contributed by atoms with Crippen LogP contribution in [0.3, 0.4) is 0 Å². The smallest absolute Gasteiger partial charge is 0.315 e. The number of amides is 2. The molecule has 4 heteroatoms. The maximum absolute atomic E-state index is 12.0. The van der Waals surface area contributed by atoms with Gasteiger partial charge < -0.3 is 16.0 Å². The van der Waals surface area contributed by atoms with Crippen molar-refractivity contribution in [3.05, 3.63) is 71.3 Å². The average Bonchev–Trinajstić information content (AvgIpc) is 2.54. The van der Waals surface area contributed by atoms with Crippen molar-refractivity contribution in [2.24, 2.45) is 0 Å². The van der Waals surface area contributed by atoms with E-state index in [1.54, 1.807) is 0 Å². The molecule has 0 aliphatic carbocycles. The molecular weight excluding hydrogens is 262 g/mol. The summed E-state index contributed by atoms with van der Waals surface area (Å²) in [6.45, 7) is 2.16. The Morgan fingerprint density at radius 1 is 1.10 bits per heavy atom. The molecule has 108 valence electrons. The van der Waals surface area contributed by atoms with Gasteiger partial charge >= 0.3 is 6.03 Å². The molecule has 1 unspecified atom stereocenters. The van der Waals surface area contributed by atoms with Gasteiger partial charge in [0.25, 0.3) is 0 Å². The molecule has 2 aromatic carbocycles. The van der Waals surface area contributed by atoms with Crippen LogP contribution in [-0.2, 0) is 13.1 Å². The fourth-order valence-electron chi connectivity index (χ4n) is 2.61. The predicted octanol–water partition coefficient (Wildman–Crippen LogP) is 2.33. The highest BCUT2D eigenvalue weighted by atomic mass is 16.2. The zero-order valence-electron chi connectivity index (χ0n) is 11.8. The van der Waals surface area contributed by atoms with Gasteiger partial charge in [-0.15, -0.1) is 0 Å². The van der Waals surface area contributed by atoms with Gasteiger partial charge in [-0.1, -0.05) is 54.6 Å². The second kappa shape index (κ2) is 6.41. The highest BCUT2D eigenvalue weighted by Crippen LogP contribution is 2.21. The minimum atomic E-state index is -0.137. The second-order valence-corrected chi connectivity index (χ2v) is 5.19. The molecule has 0 saturated heterocycles. The number of urea groups is 1. The number of rotatable bonds is 3. The van der Waals surface area contributed by atoms with Crippen LogP contribution in [0.5, 0.6) is 0 Å². The molecule has 1 aliphatic heterocycles. The normalized spacial score (nSPS) is 16.9. The van der Waals surface area contributed by atoms with Crippen molar-refractivity contribution in [2.75, 3.05) is 6.54 Å². The molecular formula is C17H19N3O. The van der Waals surface area contributed by atoms with E-state index in [1.165, 1.54) is 11.1 Å². The van der Waals surface area contributed by atoms with Crippen molar-refractivity contribution < 1.29 is 4.79 Å². The van der Waals surface area contributed by atoms with E-state index in [0.717, 1.165) is 18.7 Å². The maximum Gasteiger partial charge on any atom is 0.315 e. The third kappa shape index (κ3) is 3.41. The molecule has 0 fully saturated rings. The molecule has 1 atom stereocenters. The van der Waals surface area contributed by atoms with Crippen LogP contribution in [0.1, 0.15) is 22.7 Å². The molecule has 0 saturated carbocycles. The lowest BCUT2D eigenvalue weighted by Gasteiger charge is -2.27. The van der Waals surface area contributed by atoms with Gasteiger partial charge in [0.2, 0.25) is 0 Å². The van der Waals surface area contributed by atoms with Gasteiger partial charge in [0.05, 0.1) is 6.04 Å². The van der Waals surface area contributed by atoms with Gasteiger partial charge in [-0.05, 0) is 16.7 Å². The molecule has 3 N–H and O–H groups in total. The molecule has 3 rings (SSSR count). The summed E-state index contributed by atoms with van der Waals surface area (Å²) in [4.78, 5) is 12.0. The van der Waals surface area contributed by atoms with E-state index < -0.39 is 0 Å². The van der Waals surface area contributed by atoms with Crippen LogP contribution in [-0.4, -0.2) is 12.6 Å². The van der Waals surface area contributed by atoms with Crippen LogP contribution in [0.2, 0.25) is 0 Å². The minimum Gasteiger partial charge on any atom is -0.334 e. The average molecular weight is 281 g/mol. The van der Waals surface area contributed by atoms with E-state index in [9.17, 15) is 4.79 Å². The number of hydrogen-bond acceptors (Lipinski definition) is 2. The highest BCUT2D eigenvalue weighted by Gasteiger charge is 2.20. The molecule has 0 aromatic heterocycles. The van der Waals surface area contributed by atoms with Crippen LogP contribution in [0.15, 0.2) is 54.6 Å². The van der Waals surface area contributed by atoms with Gasteiger partial charge in [0, 0.05) is 19.6 Å². The van der Waals surface area contributed by atoms with E-state index in [1.807, 2.05) is 42.5 Å². The number of fused-ring (bicyclic) bond motifs is 1. The molecule has 2 aromatic rings. The largest absolute Gasteiger partial charge is 0.334 e. The summed E-state index contributed by atoms with van der Waals surface area (Å²) in [6, 6.07) is 18.0. The summed E-state index contributed by atoms with van der Waals surface area (Å²) >= 11 is 0. The second-order valence-electron chi connectivity index (χ2n) is 5.19. The van der Waals surface area contributed by atoms with Crippen molar-refractivity contribution in [1.82, 2.24) is 16.0 Å². The quantitative estimate of drug-likeness (QED) is 0.809. The molecule has 0 radical (unpaired) electrons. The summed E-state index contributed by atoms with van der Waals surface area (Å²) in [6.07, 6.45) is 0. The molecule has 0 spiro atoms. The first-order chi connectivity index (χ1) is 10.3. The monoisotopic (exact) mass is 281 g/mol. The Morgan fingerprint density at radius 3 is 2.71 bits per heavy atom. The first kappa shape index (κ1) is 13.6. The number of carbonyl (C=O) groups excluding carboxylic acids is 1. The lowest BCUT2D eigenvalue weighted by Crippen LogP contribution is -2.43. The first-order valence-electron chi connectivity index (χ1n) is 7.20. The third-order valence-electron chi connectivity index (χ3n) is 3.70. The van der Waals surface area contributed by atoms with Gasteiger partial charge in [0.1, 0.15) is 0 Å². The zero-order chi connectivity index (χ0) is 14.5. The third-order valence-corrected chi connectivity index (χ3v) is 3.70. The standard InChI is InChI=1S/C17H19N3O/c21-17(19-10-13-6-2-1-3-7-13)20-16-12-18-11-14-8-4-5-9-15(14)16/h1-9,16,18H,10-12H2,(H2,19,20,21). The van der Waals surface area contributed by atoms with Crippen LogP contribution in [0.4, 0.5) is 4.79 Å². The first-order valence-corrected chi connectivity index (χ1v) is 7.20. The van der Waals surface area contributed by atoms with E-state index >= 15 is 0 Å². The molecule has 1 aliphatic rings. The number of hydrogen-bond donors (Lipinski definition) is 3. The predicted molar refractivity (Wildman–Crippen MR) is 82.7 cm³/mol. The summed E-state index contributed by atoms with van der Waals surface area (Å²) in [5.41, 5.74) is 3.54. The van der Waals surface area contributed by atoms with Crippen molar-refractivity contribution in [2.45, 2.75) is 19.1 Å². The van der Waals surface area contributed by atoms with Crippen molar-refractivity contribution in [1.29, 1.82) is 0 Å². The van der Waals surface area contributed by atoms with Gasteiger partial charge in [-0.2, -0.15) is 0 Å². The van der Waals surface area contributed by atoms with Crippen LogP contribution < -0.4 is 16.0 Å². The number of nitrogens with one attached hydrogen (secondary N) is 3. The highest BCUT2D eigenvalue weighted by molar-refractivity contribution is 5.74. The van der Waals surface area contributed by atoms with E-state index in [4.69, 9.17) is 0 Å². The van der Waals surface area contributed by atoms with Gasteiger partial charge in [-0.3, -0.25) is 0 Å². The summed E-state index contributed by atoms with van der Waals surface area (Å²) in [7, 11) is 0. The van der Waals surface area contributed by atoms with Gasteiger partial charge in [0.15, 0.2) is 0 Å². The Bertz CT molecular complexity index is 612. The Hall–Kier alpha value is -2.33. The number of benzene rings is 2. The lowest BCUT2D eigenvalue weighted by atomic mass is 9.97. The summed E-state index contributed by atoms with van der Waals surface area (Å²) < 4.78 is 0. The molecule has 1 heterocycles. The summed E-state index contributed by atoms with van der Waals surface area (Å²) in [5, 5.41) is 9.26. The number of carbonyl (C=O) groups is 1. The molecule has 0 bridgehead atoms. The Balaban J connectivity index is 1.58. The lowest BCUT2D eigenvalue weighted by molar-refractivity contribution is 0.235. The van der Waals surface area contributed by atoms with Crippen LogP contribution in [0, 0.1) is 0 Å². The SMILES string of the molecule is O=C(NCc1ccccc1)NC1CNCc2ccccc21. The van der Waals surface area contributed by atoms with E-state index in [-0.39, 0.29) is 12.1 Å². The maximum atomic E-state index is 12.0. The van der Waals surface area contributed by atoms with Crippen molar-refractivity contribution in [3.63, 3.8) is 0 Å². The zero-order valence-corrected chi connectivity index (χ0v) is 11.8. The fourth-order valence-corrected chi connectivity index (χ4v) is 2.61. The van der Waals surface area contributed by atoms with E-state index in [0.29, 0.717) is 6.54 Å². The topological polar surface area (TPSA) is 53.2 Å². The van der Waals surface area contributed by atoms with Crippen LogP contribution in [0.25, 0.3) is 0 Å². The molecule has 2 amide bonds. The van der Waals surface area contributed by atoms with Crippen molar-refractivity contribution in [3.8, 4) is 0 Å². The van der Waals surface area contributed by atoms with Crippen molar-refractivity contribution >= 4 is 6.03 Å². The van der Waals surface area contributed by atoms with E-state index in [2.05, 4.69) is 28.1 Å². The van der Waals surface area contributed by atoms with Gasteiger partial charge in [-0.25, -0.2) is 4.79 Å². The Labute approximate surface area is 124 Å². The van der Waals surface area contributed by atoms with Crippen LogP contribution >= 0.6 is 0 Å². The minimum absolute atomic E-state index is 0.0192. The summed E-state index contributed by atoms with van der Waals surface area (Å²) in [5.74, 6) is 0. The Kier molecular flexibility index (Phi) is 4.17. The molecule has 4 nitrogen and oxygen atoms in total. The fraction of sp³-hybridized carbons (Fsp3) is 0.235.